The maximum atomic E-state index is 13.8. The SMILES string of the molecule is NCCc1nc2c(F)cccc2n1-c1ccccc1. The van der Waals surface area contributed by atoms with E-state index in [1.54, 1.807) is 6.07 Å². The molecule has 1 heterocycles. The minimum Gasteiger partial charge on any atom is -0.330 e. The van der Waals surface area contributed by atoms with E-state index in [9.17, 15) is 4.39 Å². The van der Waals surface area contributed by atoms with Gasteiger partial charge in [0.05, 0.1) is 5.52 Å². The molecular weight excluding hydrogens is 241 g/mol. The third kappa shape index (κ3) is 2.00. The number of nitrogens with two attached hydrogens (primary N) is 1. The molecule has 1 aromatic heterocycles. The van der Waals surface area contributed by atoms with Crippen LogP contribution in [0, 0.1) is 5.82 Å². The van der Waals surface area contributed by atoms with Crippen molar-refractivity contribution in [3.63, 3.8) is 0 Å². The number of rotatable bonds is 3. The fourth-order valence-corrected chi connectivity index (χ4v) is 2.28. The van der Waals surface area contributed by atoms with Crippen LogP contribution in [0.3, 0.4) is 0 Å². The summed E-state index contributed by atoms with van der Waals surface area (Å²) in [6.07, 6.45) is 0.614. The molecule has 19 heavy (non-hydrogen) atoms. The molecule has 3 nitrogen and oxygen atoms in total. The van der Waals surface area contributed by atoms with E-state index in [1.807, 2.05) is 41.0 Å². The Labute approximate surface area is 110 Å². The van der Waals surface area contributed by atoms with Crippen LogP contribution in [0.1, 0.15) is 5.82 Å². The molecule has 0 saturated carbocycles. The van der Waals surface area contributed by atoms with Crippen LogP contribution in [0.5, 0.6) is 0 Å². The van der Waals surface area contributed by atoms with E-state index in [1.165, 1.54) is 6.07 Å². The zero-order valence-corrected chi connectivity index (χ0v) is 10.4. The molecule has 2 N–H and O–H groups in total. The Hall–Kier alpha value is -2.20. The van der Waals surface area contributed by atoms with Crippen molar-refractivity contribution in [3.05, 3.63) is 60.2 Å². The third-order valence-electron chi connectivity index (χ3n) is 3.09. The zero-order chi connectivity index (χ0) is 13.2. The fourth-order valence-electron chi connectivity index (χ4n) is 2.28. The van der Waals surface area contributed by atoms with Gasteiger partial charge in [-0.1, -0.05) is 24.3 Å². The first kappa shape index (κ1) is 11.9. The Morgan fingerprint density at radius 1 is 1.05 bits per heavy atom. The second-order valence-corrected chi connectivity index (χ2v) is 4.35. The molecule has 0 radical (unpaired) electrons. The number of hydrogen-bond acceptors (Lipinski definition) is 2. The van der Waals surface area contributed by atoms with Crippen LogP contribution >= 0.6 is 0 Å². The molecule has 3 aromatic rings. The van der Waals surface area contributed by atoms with Gasteiger partial charge in [-0.15, -0.1) is 0 Å². The standard InChI is InChI=1S/C15H14FN3/c16-12-7-4-8-13-15(12)18-14(9-10-17)19(13)11-5-2-1-3-6-11/h1-8H,9-10,17H2. The highest BCUT2D eigenvalue weighted by molar-refractivity contribution is 5.78. The van der Waals surface area contributed by atoms with Crippen LogP contribution in [-0.2, 0) is 6.42 Å². The van der Waals surface area contributed by atoms with Gasteiger partial charge in [0.1, 0.15) is 11.3 Å². The van der Waals surface area contributed by atoms with Crippen molar-refractivity contribution in [3.8, 4) is 5.69 Å². The third-order valence-corrected chi connectivity index (χ3v) is 3.09. The minimum atomic E-state index is -0.301. The van der Waals surface area contributed by atoms with Crippen molar-refractivity contribution in [2.75, 3.05) is 6.54 Å². The molecule has 0 fully saturated rings. The predicted molar refractivity (Wildman–Crippen MR) is 73.8 cm³/mol. The fraction of sp³-hybridized carbons (Fsp3) is 0.133. The lowest BCUT2D eigenvalue weighted by Crippen LogP contribution is -2.08. The maximum Gasteiger partial charge on any atom is 0.151 e. The highest BCUT2D eigenvalue weighted by atomic mass is 19.1. The molecule has 4 heteroatoms. The Kier molecular flexibility index (Phi) is 3.01. The van der Waals surface area contributed by atoms with Crippen molar-refractivity contribution in [1.29, 1.82) is 0 Å². The molecular formula is C15H14FN3. The molecule has 2 aromatic carbocycles. The predicted octanol–water partition coefficient (Wildman–Crippen LogP) is 2.67. The van der Waals surface area contributed by atoms with Crippen LogP contribution in [0.2, 0.25) is 0 Å². The van der Waals surface area contributed by atoms with E-state index in [-0.39, 0.29) is 5.82 Å². The van der Waals surface area contributed by atoms with Crippen LogP contribution in [-0.4, -0.2) is 16.1 Å². The Morgan fingerprint density at radius 3 is 2.58 bits per heavy atom. The van der Waals surface area contributed by atoms with Gasteiger partial charge in [-0.05, 0) is 30.8 Å². The van der Waals surface area contributed by atoms with Crippen molar-refractivity contribution in [2.45, 2.75) is 6.42 Å². The van der Waals surface area contributed by atoms with E-state index in [4.69, 9.17) is 5.73 Å². The Bertz CT molecular complexity index is 704. The van der Waals surface area contributed by atoms with Gasteiger partial charge in [0.2, 0.25) is 0 Å². The number of imidazole rings is 1. The Morgan fingerprint density at radius 2 is 1.84 bits per heavy atom. The van der Waals surface area contributed by atoms with Gasteiger partial charge in [0.25, 0.3) is 0 Å². The first-order chi connectivity index (χ1) is 9.31. The molecule has 0 aliphatic heterocycles. The molecule has 0 spiro atoms. The summed E-state index contributed by atoms with van der Waals surface area (Å²) in [5, 5.41) is 0. The van der Waals surface area contributed by atoms with Crippen molar-refractivity contribution >= 4 is 11.0 Å². The number of nitrogens with zero attached hydrogens (tertiary/aromatic N) is 2. The molecule has 0 atom stereocenters. The lowest BCUT2D eigenvalue weighted by Gasteiger charge is -2.08. The summed E-state index contributed by atoms with van der Waals surface area (Å²) in [6, 6.07) is 14.8. The number of halogens is 1. The lowest BCUT2D eigenvalue weighted by atomic mass is 10.2. The number of benzene rings is 2. The minimum absolute atomic E-state index is 0.301. The topological polar surface area (TPSA) is 43.8 Å². The van der Waals surface area contributed by atoms with Gasteiger partial charge in [-0.2, -0.15) is 0 Å². The van der Waals surface area contributed by atoms with Crippen molar-refractivity contribution < 1.29 is 4.39 Å². The summed E-state index contributed by atoms with van der Waals surface area (Å²) in [5.41, 5.74) is 7.76. The van der Waals surface area contributed by atoms with Crippen LogP contribution in [0.25, 0.3) is 16.7 Å². The van der Waals surface area contributed by atoms with Gasteiger partial charge >= 0.3 is 0 Å². The maximum absolute atomic E-state index is 13.8. The van der Waals surface area contributed by atoms with Crippen LogP contribution in [0.4, 0.5) is 4.39 Å². The van der Waals surface area contributed by atoms with E-state index < -0.39 is 0 Å². The molecule has 0 saturated heterocycles. The lowest BCUT2D eigenvalue weighted by molar-refractivity contribution is 0.637. The molecule has 3 rings (SSSR count). The van der Waals surface area contributed by atoms with E-state index >= 15 is 0 Å². The van der Waals surface area contributed by atoms with E-state index in [0.717, 1.165) is 17.0 Å². The normalized spacial score (nSPS) is 11.1. The van der Waals surface area contributed by atoms with E-state index in [2.05, 4.69) is 4.98 Å². The van der Waals surface area contributed by atoms with E-state index in [0.29, 0.717) is 18.5 Å². The summed E-state index contributed by atoms with van der Waals surface area (Å²) < 4.78 is 15.8. The average molecular weight is 255 g/mol. The second-order valence-electron chi connectivity index (χ2n) is 4.35. The van der Waals surface area contributed by atoms with Crippen LogP contribution in [0.15, 0.2) is 48.5 Å². The number of hydrogen-bond donors (Lipinski definition) is 1. The van der Waals surface area contributed by atoms with Gasteiger partial charge in [-0.3, -0.25) is 4.57 Å². The average Bonchev–Trinajstić information content (AvgIpc) is 2.80. The summed E-state index contributed by atoms with van der Waals surface area (Å²) in [5.74, 6) is 0.485. The van der Waals surface area contributed by atoms with Gasteiger partial charge in [-0.25, -0.2) is 9.37 Å². The molecule has 0 bridgehead atoms. The van der Waals surface area contributed by atoms with Crippen molar-refractivity contribution in [2.24, 2.45) is 5.73 Å². The van der Waals surface area contributed by atoms with Crippen LogP contribution < -0.4 is 5.73 Å². The van der Waals surface area contributed by atoms with Crippen molar-refractivity contribution in [1.82, 2.24) is 9.55 Å². The first-order valence-electron chi connectivity index (χ1n) is 6.22. The quantitative estimate of drug-likeness (QED) is 0.782. The second kappa shape index (κ2) is 4.82. The molecule has 0 unspecified atom stereocenters. The molecule has 0 aliphatic rings. The highest BCUT2D eigenvalue weighted by Gasteiger charge is 2.14. The van der Waals surface area contributed by atoms with Gasteiger partial charge in [0, 0.05) is 12.1 Å². The highest BCUT2D eigenvalue weighted by Crippen LogP contribution is 2.23. The largest absolute Gasteiger partial charge is 0.330 e. The summed E-state index contributed by atoms with van der Waals surface area (Å²) >= 11 is 0. The molecule has 96 valence electrons. The molecule has 0 amide bonds. The number of fused-ring (bicyclic) bond motifs is 1. The summed E-state index contributed by atoms with van der Waals surface area (Å²) in [4.78, 5) is 4.39. The monoisotopic (exact) mass is 255 g/mol. The zero-order valence-electron chi connectivity index (χ0n) is 10.4. The summed E-state index contributed by atoms with van der Waals surface area (Å²) in [7, 11) is 0. The van der Waals surface area contributed by atoms with Gasteiger partial charge < -0.3 is 5.73 Å². The number of para-hydroxylation sites is 2. The smallest absolute Gasteiger partial charge is 0.151 e. The van der Waals surface area contributed by atoms with Gasteiger partial charge in [0.15, 0.2) is 5.82 Å². The molecule has 0 aliphatic carbocycles. The first-order valence-corrected chi connectivity index (χ1v) is 6.22. The summed E-state index contributed by atoms with van der Waals surface area (Å²) in [6.45, 7) is 0.484. The number of aromatic nitrogens is 2. The Balaban J connectivity index is 2.32.